The largest absolute Gasteiger partial charge is 0.342 e. The average Bonchev–Trinajstić information content (AvgIpc) is 3.62. The first kappa shape index (κ1) is 19.8. The normalized spacial score (nSPS) is 13.8. The van der Waals surface area contributed by atoms with E-state index in [1.54, 1.807) is 22.3 Å². The van der Waals surface area contributed by atoms with E-state index < -0.39 is 0 Å². The number of tetrazole rings is 1. The molecule has 164 valence electrons. The number of nitrogens with one attached hydrogen (secondary N) is 2. The van der Waals surface area contributed by atoms with Gasteiger partial charge in [-0.25, -0.2) is 4.98 Å². The molecule has 0 bridgehead atoms. The number of aromatic amines is 1. The summed E-state index contributed by atoms with van der Waals surface area (Å²) in [5.41, 5.74) is 4.75. The van der Waals surface area contributed by atoms with Crippen LogP contribution >= 0.6 is 11.3 Å². The van der Waals surface area contributed by atoms with E-state index in [1.807, 2.05) is 42.5 Å². The summed E-state index contributed by atoms with van der Waals surface area (Å²) in [6.07, 6.45) is 5.11. The Balaban J connectivity index is 1.38. The van der Waals surface area contributed by atoms with Gasteiger partial charge in [0.05, 0.1) is 22.6 Å². The van der Waals surface area contributed by atoms with E-state index in [4.69, 9.17) is 4.98 Å². The number of para-hydroxylation sites is 2. The van der Waals surface area contributed by atoms with Crippen LogP contribution in [0.4, 0.5) is 0 Å². The number of carbonyl (C=O) groups excluding carboxylic acids is 1. The number of H-pyrrole nitrogens is 1. The summed E-state index contributed by atoms with van der Waals surface area (Å²) in [5, 5.41) is 15.6. The van der Waals surface area contributed by atoms with Gasteiger partial charge >= 0.3 is 0 Å². The van der Waals surface area contributed by atoms with Gasteiger partial charge in [-0.1, -0.05) is 42.5 Å². The SMILES string of the molecule is O=C(N[C@@H](Cc1ccccc1)c1nc2ccccc2[nH]1)c1c(-n2cnnn2)sc2c1CCC2. The molecule has 6 rings (SSSR count). The highest BCUT2D eigenvalue weighted by Crippen LogP contribution is 2.37. The lowest BCUT2D eigenvalue weighted by Crippen LogP contribution is -2.31. The number of fused-ring (bicyclic) bond motifs is 2. The van der Waals surface area contributed by atoms with Crippen molar-refractivity contribution in [2.75, 3.05) is 0 Å². The molecule has 0 aliphatic heterocycles. The van der Waals surface area contributed by atoms with Gasteiger partial charge in [0.15, 0.2) is 0 Å². The fourth-order valence-electron chi connectivity index (χ4n) is 4.47. The lowest BCUT2D eigenvalue weighted by molar-refractivity contribution is 0.0934. The van der Waals surface area contributed by atoms with Gasteiger partial charge in [0.25, 0.3) is 5.91 Å². The van der Waals surface area contributed by atoms with E-state index in [1.165, 1.54) is 4.88 Å². The summed E-state index contributed by atoms with van der Waals surface area (Å²) in [4.78, 5) is 23.2. The van der Waals surface area contributed by atoms with Crippen molar-refractivity contribution in [3.8, 4) is 5.00 Å². The number of hydrogen-bond donors (Lipinski definition) is 2. The number of aryl methyl sites for hydroxylation is 1. The highest BCUT2D eigenvalue weighted by atomic mass is 32.1. The Bertz CT molecular complexity index is 1390. The third kappa shape index (κ3) is 3.70. The van der Waals surface area contributed by atoms with E-state index in [0.29, 0.717) is 12.0 Å². The van der Waals surface area contributed by atoms with Crippen LogP contribution in [0.25, 0.3) is 16.0 Å². The summed E-state index contributed by atoms with van der Waals surface area (Å²) in [5.74, 6) is 0.616. The van der Waals surface area contributed by atoms with Crippen LogP contribution in [0.1, 0.15) is 44.6 Å². The van der Waals surface area contributed by atoms with Crippen molar-refractivity contribution in [3.63, 3.8) is 0 Å². The molecule has 1 aliphatic rings. The molecule has 0 fully saturated rings. The molecule has 0 radical (unpaired) electrons. The van der Waals surface area contributed by atoms with Crippen molar-refractivity contribution in [1.29, 1.82) is 0 Å². The highest BCUT2D eigenvalue weighted by Gasteiger charge is 2.30. The van der Waals surface area contributed by atoms with Crippen LogP contribution in [0.3, 0.4) is 0 Å². The number of benzene rings is 2. The molecule has 0 unspecified atom stereocenters. The minimum Gasteiger partial charge on any atom is -0.342 e. The third-order valence-corrected chi connectivity index (χ3v) is 7.29. The van der Waals surface area contributed by atoms with E-state index in [9.17, 15) is 4.79 Å². The molecule has 1 aliphatic carbocycles. The Kier molecular flexibility index (Phi) is 4.95. The van der Waals surface area contributed by atoms with Crippen molar-refractivity contribution >= 4 is 28.3 Å². The standard InChI is InChI=1S/C24H21N7OS/c32-23(21-16-9-6-12-20(16)33-24(21)31-14-25-29-30-31)28-19(13-15-7-2-1-3-8-15)22-26-17-10-4-5-11-18(17)27-22/h1-5,7-8,10-11,14,19H,6,9,12-13H2,(H,26,27)(H,28,32)/t19-/m0/s1. The van der Waals surface area contributed by atoms with Crippen molar-refractivity contribution in [3.05, 3.63) is 88.3 Å². The minimum absolute atomic E-state index is 0.124. The molecule has 3 aromatic heterocycles. The Hall–Kier alpha value is -3.85. The maximum atomic E-state index is 13.7. The second kappa shape index (κ2) is 8.25. The molecule has 8 nitrogen and oxygen atoms in total. The lowest BCUT2D eigenvalue weighted by atomic mass is 10.0. The van der Waals surface area contributed by atoms with Crippen LogP contribution in [0, 0.1) is 0 Å². The summed E-state index contributed by atoms with van der Waals surface area (Å²) in [6, 6.07) is 17.7. The van der Waals surface area contributed by atoms with E-state index in [0.717, 1.165) is 52.2 Å². The van der Waals surface area contributed by atoms with Gasteiger partial charge in [0.2, 0.25) is 0 Å². The Morgan fingerprint density at radius 1 is 1.12 bits per heavy atom. The van der Waals surface area contributed by atoms with Gasteiger partial charge in [-0.2, -0.15) is 4.68 Å². The van der Waals surface area contributed by atoms with Crippen LogP contribution in [-0.4, -0.2) is 36.1 Å². The Labute approximate surface area is 193 Å². The van der Waals surface area contributed by atoms with E-state index >= 15 is 0 Å². The third-order valence-electron chi connectivity index (χ3n) is 6.01. The zero-order valence-electron chi connectivity index (χ0n) is 17.7. The van der Waals surface area contributed by atoms with Gasteiger partial charge in [0.1, 0.15) is 17.2 Å². The first-order valence-electron chi connectivity index (χ1n) is 10.9. The van der Waals surface area contributed by atoms with Gasteiger partial charge in [-0.3, -0.25) is 4.79 Å². The second-order valence-electron chi connectivity index (χ2n) is 8.15. The van der Waals surface area contributed by atoms with Crippen LogP contribution in [0.2, 0.25) is 0 Å². The number of hydrogen-bond acceptors (Lipinski definition) is 6. The highest BCUT2D eigenvalue weighted by molar-refractivity contribution is 7.15. The minimum atomic E-state index is -0.314. The fourth-order valence-corrected chi connectivity index (χ4v) is 5.78. The van der Waals surface area contributed by atoms with E-state index in [2.05, 4.69) is 38.0 Å². The fraction of sp³-hybridized carbons (Fsp3) is 0.208. The quantitative estimate of drug-likeness (QED) is 0.406. The van der Waals surface area contributed by atoms with Gasteiger partial charge < -0.3 is 10.3 Å². The molecule has 33 heavy (non-hydrogen) atoms. The molecule has 2 aromatic carbocycles. The van der Waals surface area contributed by atoms with Crippen LogP contribution < -0.4 is 5.32 Å². The van der Waals surface area contributed by atoms with Crippen LogP contribution in [0.15, 0.2) is 60.9 Å². The number of aromatic nitrogens is 6. The summed E-state index contributed by atoms with van der Waals surface area (Å²) in [6.45, 7) is 0. The summed E-state index contributed by atoms with van der Waals surface area (Å²) < 4.78 is 1.59. The maximum absolute atomic E-state index is 13.7. The van der Waals surface area contributed by atoms with E-state index in [-0.39, 0.29) is 11.9 Å². The number of imidazole rings is 1. The monoisotopic (exact) mass is 455 g/mol. The number of amides is 1. The Morgan fingerprint density at radius 3 is 2.79 bits per heavy atom. The lowest BCUT2D eigenvalue weighted by Gasteiger charge is -2.18. The molecule has 3 heterocycles. The summed E-state index contributed by atoms with van der Waals surface area (Å²) in [7, 11) is 0. The molecular formula is C24H21N7OS. The van der Waals surface area contributed by atoms with Gasteiger partial charge in [0, 0.05) is 4.88 Å². The number of rotatable bonds is 6. The topological polar surface area (TPSA) is 101 Å². The van der Waals surface area contributed by atoms with Crippen LogP contribution in [-0.2, 0) is 19.3 Å². The van der Waals surface area contributed by atoms with Crippen LogP contribution in [0.5, 0.6) is 0 Å². The zero-order chi connectivity index (χ0) is 22.2. The average molecular weight is 456 g/mol. The number of carbonyl (C=O) groups is 1. The number of thiophene rings is 1. The smallest absolute Gasteiger partial charge is 0.255 e. The molecule has 2 N–H and O–H groups in total. The van der Waals surface area contributed by atoms with Crippen molar-refractivity contribution in [2.24, 2.45) is 0 Å². The molecular weight excluding hydrogens is 434 g/mol. The number of nitrogens with zero attached hydrogens (tertiary/aromatic N) is 5. The second-order valence-corrected chi connectivity index (χ2v) is 9.23. The first-order valence-corrected chi connectivity index (χ1v) is 11.8. The van der Waals surface area contributed by atoms with Gasteiger partial charge in [-0.15, -0.1) is 16.4 Å². The Morgan fingerprint density at radius 2 is 1.97 bits per heavy atom. The zero-order valence-corrected chi connectivity index (χ0v) is 18.5. The molecule has 0 spiro atoms. The molecule has 1 atom stereocenters. The molecule has 5 aromatic rings. The molecule has 9 heteroatoms. The molecule has 1 amide bonds. The predicted octanol–water partition coefficient (Wildman–Crippen LogP) is 3.80. The first-order chi connectivity index (χ1) is 16.3. The maximum Gasteiger partial charge on any atom is 0.255 e. The van der Waals surface area contributed by atoms with Crippen molar-refractivity contribution < 1.29 is 4.79 Å². The van der Waals surface area contributed by atoms with Gasteiger partial charge in [-0.05, 0) is 59.4 Å². The molecule has 0 saturated heterocycles. The van der Waals surface area contributed by atoms with Crippen molar-refractivity contribution in [1.82, 2.24) is 35.5 Å². The van der Waals surface area contributed by atoms with Crippen molar-refractivity contribution in [2.45, 2.75) is 31.7 Å². The molecule has 0 saturated carbocycles. The summed E-state index contributed by atoms with van der Waals surface area (Å²) >= 11 is 1.60. The predicted molar refractivity (Wildman–Crippen MR) is 126 cm³/mol.